The molecule has 2 aromatic rings. The third kappa shape index (κ3) is 3.43. The molecule has 10 nitrogen and oxygen atoms in total. The number of hydrogen-bond acceptors (Lipinski definition) is 6. The molecule has 0 unspecified atom stereocenters. The van der Waals surface area contributed by atoms with Crippen molar-refractivity contribution in [2.45, 2.75) is 20.0 Å². The van der Waals surface area contributed by atoms with Crippen LogP contribution >= 0.6 is 0 Å². The second kappa shape index (κ2) is 6.96. The minimum absolute atomic E-state index is 0.0425. The number of carbonyl (C=O) groups is 1. The Morgan fingerprint density at radius 3 is 2.33 bits per heavy atom. The van der Waals surface area contributed by atoms with Gasteiger partial charge in [-0.05, 0) is 17.1 Å². The number of imidazole rings is 1. The van der Waals surface area contributed by atoms with E-state index >= 15 is 0 Å². The average Bonchev–Trinajstić information content (AvgIpc) is 2.85. The van der Waals surface area contributed by atoms with E-state index in [-0.39, 0.29) is 42.5 Å². The Hall–Kier alpha value is -3.14. The number of rotatable bonds is 7. The highest BCUT2D eigenvalue weighted by atomic mass is 16.6. The van der Waals surface area contributed by atoms with Crippen LogP contribution in [-0.4, -0.2) is 31.9 Å². The second-order valence-corrected chi connectivity index (χ2v) is 5.02. The summed E-state index contributed by atoms with van der Waals surface area (Å²) in [7, 11) is 0. The summed E-state index contributed by atoms with van der Waals surface area (Å²) in [5, 5.41) is 30.7. The summed E-state index contributed by atoms with van der Waals surface area (Å²) in [5.74, 6) is -0.113. The minimum Gasteiger partial charge on any atom is -0.392 e. The van der Waals surface area contributed by atoms with Crippen LogP contribution in [0.1, 0.15) is 16.2 Å². The van der Waals surface area contributed by atoms with E-state index < -0.39 is 9.85 Å². The molecule has 0 radical (unpaired) electrons. The third-order valence-corrected chi connectivity index (χ3v) is 3.58. The monoisotopic (exact) mass is 335 g/mol. The zero-order chi connectivity index (χ0) is 17.9. The first kappa shape index (κ1) is 17.2. The lowest BCUT2D eigenvalue weighted by molar-refractivity contribution is -0.689. The fourth-order valence-electron chi connectivity index (χ4n) is 2.32. The van der Waals surface area contributed by atoms with Crippen LogP contribution in [0.15, 0.2) is 30.5 Å². The molecule has 1 aromatic heterocycles. The van der Waals surface area contributed by atoms with E-state index in [1.54, 1.807) is 6.92 Å². The van der Waals surface area contributed by atoms with Gasteiger partial charge in [-0.1, -0.05) is 0 Å². The van der Waals surface area contributed by atoms with Gasteiger partial charge >= 0.3 is 5.82 Å². The van der Waals surface area contributed by atoms with Gasteiger partial charge in [0.15, 0.2) is 12.7 Å². The fourth-order valence-corrected chi connectivity index (χ4v) is 2.32. The standard InChI is InChI=1S/C14H15N4O6/c1-10-15(9-14(18(23)24)16(10)6-7-19)8-13(20)11-2-4-12(5-3-11)17(21)22/h2-5,9,19H,6-8H2,1H3/q+1. The smallest absolute Gasteiger partial charge is 0.365 e. The lowest BCUT2D eigenvalue weighted by atomic mass is 10.1. The first-order chi connectivity index (χ1) is 11.3. The van der Waals surface area contributed by atoms with Crippen LogP contribution in [0.2, 0.25) is 0 Å². The van der Waals surface area contributed by atoms with Crippen LogP contribution in [0, 0.1) is 27.2 Å². The maximum Gasteiger partial charge on any atom is 0.365 e. The van der Waals surface area contributed by atoms with Crippen LogP contribution in [-0.2, 0) is 13.1 Å². The van der Waals surface area contributed by atoms with Crippen LogP contribution < -0.4 is 4.57 Å². The van der Waals surface area contributed by atoms with Gasteiger partial charge in [0.05, 0.1) is 11.5 Å². The van der Waals surface area contributed by atoms with Crippen LogP contribution in [0.3, 0.4) is 0 Å². The molecule has 1 aromatic carbocycles. The first-order valence-electron chi connectivity index (χ1n) is 6.97. The van der Waals surface area contributed by atoms with Gasteiger partial charge in [-0.15, -0.1) is 0 Å². The van der Waals surface area contributed by atoms with E-state index in [1.165, 1.54) is 39.6 Å². The molecule has 24 heavy (non-hydrogen) atoms. The Morgan fingerprint density at radius 1 is 1.21 bits per heavy atom. The highest BCUT2D eigenvalue weighted by molar-refractivity contribution is 5.95. The van der Waals surface area contributed by atoms with Crippen molar-refractivity contribution in [3.05, 3.63) is 62.1 Å². The van der Waals surface area contributed by atoms with Crippen molar-refractivity contribution in [3.63, 3.8) is 0 Å². The van der Waals surface area contributed by atoms with Crippen molar-refractivity contribution in [2.24, 2.45) is 0 Å². The van der Waals surface area contributed by atoms with Crippen molar-refractivity contribution in [1.29, 1.82) is 0 Å². The van der Waals surface area contributed by atoms with Crippen LogP contribution in [0.4, 0.5) is 11.5 Å². The molecule has 0 aliphatic heterocycles. The Balaban J connectivity index is 2.27. The zero-order valence-corrected chi connectivity index (χ0v) is 12.8. The van der Waals surface area contributed by atoms with E-state index in [9.17, 15) is 25.0 Å². The Kier molecular flexibility index (Phi) is 4.99. The quantitative estimate of drug-likeness (QED) is 0.344. The van der Waals surface area contributed by atoms with Crippen molar-refractivity contribution in [3.8, 4) is 0 Å². The number of carbonyl (C=O) groups excluding carboxylic acids is 1. The molecule has 0 amide bonds. The largest absolute Gasteiger partial charge is 0.392 e. The summed E-state index contributed by atoms with van der Waals surface area (Å²) in [6.07, 6.45) is 1.23. The van der Waals surface area contributed by atoms with Crippen molar-refractivity contribution in [2.75, 3.05) is 6.61 Å². The number of aliphatic hydroxyl groups excluding tert-OH is 1. The summed E-state index contributed by atoms with van der Waals surface area (Å²) in [5.41, 5.74) is 0.144. The van der Waals surface area contributed by atoms with E-state index in [4.69, 9.17) is 5.11 Å². The second-order valence-electron chi connectivity index (χ2n) is 5.02. The molecule has 0 spiro atoms. The Morgan fingerprint density at radius 2 is 1.83 bits per heavy atom. The number of nitro benzene ring substituents is 1. The van der Waals surface area contributed by atoms with Gasteiger partial charge in [-0.3, -0.25) is 14.9 Å². The Bertz CT molecular complexity index is 796. The van der Waals surface area contributed by atoms with Gasteiger partial charge < -0.3 is 15.2 Å². The topological polar surface area (TPSA) is 132 Å². The molecule has 1 heterocycles. The number of ketones is 1. The summed E-state index contributed by atoms with van der Waals surface area (Å²) >= 11 is 0. The predicted octanol–water partition coefficient (Wildman–Crippen LogP) is 0.776. The number of aliphatic hydroxyl groups is 1. The lowest BCUT2D eigenvalue weighted by Crippen LogP contribution is -2.39. The molecule has 0 aliphatic rings. The van der Waals surface area contributed by atoms with E-state index in [0.717, 1.165) is 0 Å². The molecule has 0 saturated carbocycles. The molecule has 0 bridgehead atoms. The van der Waals surface area contributed by atoms with Crippen molar-refractivity contribution >= 4 is 17.3 Å². The summed E-state index contributed by atoms with van der Waals surface area (Å²) in [4.78, 5) is 32.8. The first-order valence-corrected chi connectivity index (χ1v) is 6.97. The molecule has 1 N–H and O–H groups in total. The van der Waals surface area contributed by atoms with Gasteiger partial charge in [0.2, 0.25) is 5.78 Å². The molecule has 0 saturated heterocycles. The van der Waals surface area contributed by atoms with Gasteiger partial charge in [0.1, 0.15) is 6.54 Å². The molecule has 0 atom stereocenters. The van der Waals surface area contributed by atoms with Crippen LogP contribution in [0.25, 0.3) is 0 Å². The average molecular weight is 335 g/mol. The number of nitro groups is 2. The lowest BCUT2D eigenvalue weighted by Gasteiger charge is -2.01. The molecule has 10 heteroatoms. The number of aromatic nitrogens is 2. The summed E-state index contributed by atoms with van der Waals surface area (Å²) in [6, 6.07) is 5.14. The van der Waals surface area contributed by atoms with Crippen molar-refractivity contribution < 1.29 is 24.3 Å². The number of hydrogen-bond donors (Lipinski definition) is 1. The van der Waals surface area contributed by atoms with Crippen LogP contribution in [0.5, 0.6) is 0 Å². The Labute approximate surface area is 135 Å². The number of Topliss-reactive ketones (excluding diaryl/α,β-unsaturated/α-hetero) is 1. The number of nitrogens with zero attached hydrogens (tertiary/aromatic N) is 4. The molecular weight excluding hydrogens is 320 g/mol. The predicted molar refractivity (Wildman–Crippen MR) is 80.5 cm³/mol. The number of non-ortho nitro benzene ring substituents is 1. The van der Waals surface area contributed by atoms with E-state index in [1.807, 2.05) is 0 Å². The minimum atomic E-state index is -0.588. The van der Waals surface area contributed by atoms with E-state index in [2.05, 4.69) is 0 Å². The molecule has 126 valence electrons. The molecule has 0 aliphatic carbocycles. The molecule has 2 rings (SSSR count). The SMILES string of the molecule is Cc1n(CCO)c([N+](=O)[O-])c[n+]1CC(=O)c1ccc([N+](=O)[O-])cc1. The fraction of sp³-hybridized carbons (Fsp3) is 0.286. The number of benzene rings is 1. The maximum atomic E-state index is 12.3. The highest BCUT2D eigenvalue weighted by Gasteiger charge is 2.25. The van der Waals surface area contributed by atoms with Gasteiger partial charge in [-0.25, -0.2) is 4.57 Å². The zero-order valence-electron chi connectivity index (χ0n) is 12.8. The van der Waals surface area contributed by atoms with Gasteiger partial charge in [-0.2, -0.15) is 4.57 Å². The van der Waals surface area contributed by atoms with Gasteiger partial charge in [0.25, 0.3) is 11.5 Å². The normalized spacial score (nSPS) is 10.6. The molecular formula is C14H15N4O6+. The van der Waals surface area contributed by atoms with E-state index in [0.29, 0.717) is 5.82 Å². The van der Waals surface area contributed by atoms with Crippen molar-refractivity contribution in [1.82, 2.24) is 4.57 Å². The molecule has 0 fully saturated rings. The third-order valence-electron chi connectivity index (χ3n) is 3.58. The summed E-state index contributed by atoms with van der Waals surface area (Å²) in [6.45, 7) is 1.22. The maximum absolute atomic E-state index is 12.3. The summed E-state index contributed by atoms with van der Waals surface area (Å²) < 4.78 is 2.72. The van der Waals surface area contributed by atoms with Gasteiger partial charge in [0, 0.05) is 24.6 Å². The highest BCUT2D eigenvalue weighted by Crippen LogP contribution is 2.14.